The summed E-state index contributed by atoms with van der Waals surface area (Å²) in [6, 6.07) is 4.92. The van der Waals surface area contributed by atoms with Crippen molar-refractivity contribution in [3.05, 3.63) is 29.0 Å². The average Bonchev–Trinajstić information content (AvgIpc) is 2.70. The molecule has 0 spiro atoms. The Morgan fingerprint density at radius 1 is 1.25 bits per heavy atom. The van der Waals surface area contributed by atoms with E-state index in [9.17, 15) is 4.79 Å². The van der Waals surface area contributed by atoms with Gasteiger partial charge in [0.15, 0.2) is 16.7 Å². The first kappa shape index (κ1) is 21.4. The highest BCUT2D eigenvalue weighted by atomic mass is 32.2. The number of allylic oxidation sites excluding steroid dienone is 1. The van der Waals surface area contributed by atoms with Gasteiger partial charge in [-0.2, -0.15) is 5.26 Å². The molecular formula is C19H23N3O5S. The molecule has 9 heteroatoms. The molecule has 0 saturated carbocycles. The predicted octanol–water partition coefficient (Wildman–Crippen LogP) is 2.81. The van der Waals surface area contributed by atoms with Crippen LogP contribution in [-0.4, -0.2) is 44.8 Å². The summed E-state index contributed by atoms with van der Waals surface area (Å²) in [5.41, 5.74) is 1.68. The lowest BCUT2D eigenvalue weighted by atomic mass is 9.96. The van der Waals surface area contributed by atoms with Crippen LogP contribution in [-0.2, 0) is 9.53 Å². The van der Waals surface area contributed by atoms with E-state index in [2.05, 4.69) is 16.4 Å². The van der Waals surface area contributed by atoms with Crippen LogP contribution in [0, 0.1) is 11.3 Å². The Labute approximate surface area is 168 Å². The zero-order valence-corrected chi connectivity index (χ0v) is 17.3. The number of rotatable bonds is 7. The highest BCUT2D eigenvalue weighted by Crippen LogP contribution is 2.43. The van der Waals surface area contributed by atoms with Gasteiger partial charge in [0, 0.05) is 5.70 Å². The number of nitriles is 1. The van der Waals surface area contributed by atoms with Crippen LogP contribution < -0.4 is 19.5 Å². The van der Waals surface area contributed by atoms with Crippen LogP contribution in [0.3, 0.4) is 0 Å². The van der Waals surface area contributed by atoms with Gasteiger partial charge in [-0.3, -0.25) is 0 Å². The van der Waals surface area contributed by atoms with Crippen LogP contribution in [0.25, 0.3) is 0 Å². The van der Waals surface area contributed by atoms with Crippen molar-refractivity contribution in [3.63, 3.8) is 0 Å². The molecule has 1 aliphatic heterocycles. The first-order valence-corrected chi connectivity index (χ1v) is 9.51. The molecule has 0 amide bonds. The lowest BCUT2D eigenvalue weighted by Crippen LogP contribution is -2.30. The van der Waals surface area contributed by atoms with Gasteiger partial charge in [0.1, 0.15) is 6.04 Å². The zero-order chi connectivity index (χ0) is 20.7. The third kappa shape index (κ3) is 4.51. The Morgan fingerprint density at radius 3 is 2.39 bits per heavy atom. The third-order valence-corrected chi connectivity index (χ3v) is 4.74. The zero-order valence-electron chi connectivity index (χ0n) is 16.5. The summed E-state index contributed by atoms with van der Waals surface area (Å²) in [7, 11) is 4.57. The van der Waals surface area contributed by atoms with Crippen molar-refractivity contribution in [2.75, 3.05) is 33.7 Å². The largest absolute Gasteiger partial charge is 0.493 e. The van der Waals surface area contributed by atoms with E-state index in [1.165, 1.54) is 33.1 Å². The molecular weight excluding hydrogens is 382 g/mol. The van der Waals surface area contributed by atoms with Crippen LogP contribution in [0.5, 0.6) is 17.2 Å². The molecule has 0 saturated heterocycles. The van der Waals surface area contributed by atoms with Crippen LogP contribution in [0.4, 0.5) is 0 Å². The molecule has 1 N–H and O–H groups in total. The van der Waals surface area contributed by atoms with Crippen molar-refractivity contribution in [1.82, 2.24) is 5.32 Å². The maximum absolute atomic E-state index is 12.6. The number of nitrogens with zero attached hydrogens (tertiary/aromatic N) is 2. The number of amidine groups is 1. The van der Waals surface area contributed by atoms with Crippen LogP contribution in [0.1, 0.15) is 25.5 Å². The number of hydrogen-bond acceptors (Lipinski definition) is 9. The van der Waals surface area contributed by atoms with E-state index >= 15 is 0 Å². The van der Waals surface area contributed by atoms with Gasteiger partial charge in [-0.25, -0.2) is 9.79 Å². The van der Waals surface area contributed by atoms with E-state index in [4.69, 9.17) is 24.2 Å². The molecule has 1 atom stereocenters. The SMILES string of the molecule is CCOC(=O)C1=C(C)NC(SCC#N)=N[C@H]1c1cc(OC)c(OC)c(OC)c1. The number of esters is 1. The van der Waals surface area contributed by atoms with Gasteiger partial charge >= 0.3 is 5.97 Å². The van der Waals surface area contributed by atoms with Gasteiger partial charge in [-0.1, -0.05) is 11.8 Å². The van der Waals surface area contributed by atoms with Crippen LogP contribution >= 0.6 is 11.8 Å². The molecule has 28 heavy (non-hydrogen) atoms. The Bertz CT molecular complexity index is 819. The van der Waals surface area contributed by atoms with E-state index < -0.39 is 12.0 Å². The second kappa shape index (κ2) is 9.90. The first-order chi connectivity index (χ1) is 13.5. The Kier molecular flexibility index (Phi) is 7.58. The van der Waals surface area contributed by atoms with Gasteiger partial charge in [0.2, 0.25) is 5.75 Å². The Balaban J connectivity index is 2.61. The predicted molar refractivity (Wildman–Crippen MR) is 107 cm³/mol. The standard InChI is InChI=1S/C19H23N3O5S/c1-6-27-18(23)15-11(2)21-19(28-8-7-20)22-16(15)12-9-13(24-3)17(26-5)14(10-12)25-4/h9-10,16H,6,8H2,1-5H3,(H,21,22)/t16-/m0/s1. The summed E-state index contributed by atoms with van der Waals surface area (Å²) in [5, 5.41) is 12.5. The molecule has 0 radical (unpaired) electrons. The summed E-state index contributed by atoms with van der Waals surface area (Å²) in [6.45, 7) is 3.77. The quantitative estimate of drug-likeness (QED) is 0.691. The number of nitrogens with one attached hydrogen (secondary N) is 1. The number of thioether (sulfide) groups is 1. The van der Waals surface area contributed by atoms with Crippen molar-refractivity contribution in [3.8, 4) is 23.3 Å². The van der Waals surface area contributed by atoms with Crippen LogP contribution in [0.15, 0.2) is 28.4 Å². The molecule has 0 aromatic heterocycles. The fraction of sp³-hybridized carbons (Fsp3) is 0.421. The number of carbonyl (C=O) groups is 1. The number of aliphatic imine (C=N–C) groups is 1. The average molecular weight is 405 g/mol. The molecule has 0 aliphatic carbocycles. The summed E-state index contributed by atoms with van der Waals surface area (Å²) >= 11 is 1.26. The highest BCUT2D eigenvalue weighted by molar-refractivity contribution is 8.14. The molecule has 0 unspecified atom stereocenters. The second-order valence-corrected chi connectivity index (χ2v) is 6.59. The second-order valence-electron chi connectivity index (χ2n) is 5.63. The topological polar surface area (TPSA) is 102 Å². The smallest absolute Gasteiger partial charge is 0.338 e. The number of benzene rings is 1. The minimum atomic E-state index is -0.643. The summed E-state index contributed by atoms with van der Waals surface area (Å²) in [6.07, 6.45) is 0. The molecule has 2 rings (SSSR count). The number of methoxy groups -OCH3 is 3. The van der Waals surface area contributed by atoms with E-state index in [0.717, 1.165) is 0 Å². The minimum absolute atomic E-state index is 0.232. The maximum Gasteiger partial charge on any atom is 0.338 e. The van der Waals surface area contributed by atoms with E-state index in [1.807, 2.05) is 0 Å². The van der Waals surface area contributed by atoms with Gasteiger partial charge in [-0.15, -0.1) is 0 Å². The van der Waals surface area contributed by atoms with Crippen molar-refractivity contribution in [2.24, 2.45) is 4.99 Å². The first-order valence-electron chi connectivity index (χ1n) is 8.52. The van der Waals surface area contributed by atoms with Gasteiger partial charge in [-0.05, 0) is 31.5 Å². The normalized spacial score (nSPS) is 15.9. The molecule has 1 aromatic rings. The molecule has 1 aliphatic rings. The monoisotopic (exact) mass is 405 g/mol. The Morgan fingerprint density at radius 2 is 1.89 bits per heavy atom. The molecule has 1 aromatic carbocycles. The van der Waals surface area contributed by atoms with Crippen molar-refractivity contribution < 1.29 is 23.7 Å². The molecule has 8 nitrogen and oxygen atoms in total. The van der Waals surface area contributed by atoms with E-state index in [1.54, 1.807) is 26.0 Å². The van der Waals surface area contributed by atoms with Crippen molar-refractivity contribution >= 4 is 22.9 Å². The fourth-order valence-corrected chi connectivity index (χ4v) is 3.40. The maximum atomic E-state index is 12.6. The molecule has 1 heterocycles. The van der Waals surface area contributed by atoms with Crippen molar-refractivity contribution in [1.29, 1.82) is 5.26 Å². The molecule has 150 valence electrons. The van der Waals surface area contributed by atoms with Gasteiger partial charge in [0.05, 0.1) is 45.3 Å². The minimum Gasteiger partial charge on any atom is -0.493 e. The van der Waals surface area contributed by atoms with E-state index in [0.29, 0.717) is 39.2 Å². The number of hydrogen-bond donors (Lipinski definition) is 1. The lowest BCUT2D eigenvalue weighted by Gasteiger charge is -2.26. The van der Waals surface area contributed by atoms with Crippen molar-refractivity contribution in [2.45, 2.75) is 19.9 Å². The Hall–Kier alpha value is -2.86. The highest BCUT2D eigenvalue weighted by Gasteiger charge is 2.32. The van der Waals surface area contributed by atoms with E-state index in [-0.39, 0.29) is 12.4 Å². The number of carbonyl (C=O) groups excluding carboxylic acids is 1. The number of ether oxygens (including phenoxy) is 4. The van der Waals surface area contributed by atoms with Gasteiger partial charge in [0.25, 0.3) is 0 Å². The summed E-state index contributed by atoms with van der Waals surface area (Å²) in [4.78, 5) is 17.2. The fourth-order valence-electron chi connectivity index (χ4n) is 2.79. The van der Waals surface area contributed by atoms with Gasteiger partial charge < -0.3 is 24.3 Å². The summed E-state index contributed by atoms with van der Waals surface area (Å²) in [5.74, 6) is 1.13. The summed E-state index contributed by atoms with van der Waals surface area (Å²) < 4.78 is 21.4. The molecule has 0 bridgehead atoms. The van der Waals surface area contributed by atoms with Crippen LogP contribution in [0.2, 0.25) is 0 Å². The third-order valence-electron chi connectivity index (χ3n) is 3.99. The molecule has 0 fully saturated rings. The lowest BCUT2D eigenvalue weighted by molar-refractivity contribution is -0.138.